The smallest absolute Gasteiger partial charge is 0.217 e. The van der Waals surface area contributed by atoms with E-state index in [4.69, 9.17) is 4.74 Å². The molecule has 0 spiro atoms. The maximum absolute atomic E-state index is 11.3. The van der Waals surface area contributed by atoms with Crippen LogP contribution in [0.15, 0.2) is 24.3 Å². The first-order valence-corrected chi connectivity index (χ1v) is 7.20. The molecule has 0 unspecified atom stereocenters. The van der Waals surface area contributed by atoms with Crippen LogP contribution in [0.1, 0.15) is 44.6 Å². The normalized spacial score (nSPS) is 20.5. The Kier molecular flexibility index (Phi) is 3.21. The number of ether oxygens (including phenoxy) is 1. The topological polar surface area (TPSA) is 38.3 Å². The van der Waals surface area contributed by atoms with Crippen LogP contribution in [0, 0.1) is 5.92 Å². The SMILES string of the molecule is CC(=O)NC1(c2cccc(OCC3CCC3)c2)CC1. The zero-order valence-corrected chi connectivity index (χ0v) is 11.4. The van der Waals surface area contributed by atoms with Crippen molar-refractivity contribution < 1.29 is 9.53 Å². The minimum absolute atomic E-state index is 0.0401. The molecule has 2 aliphatic rings. The molecule has 2 fully saturated rings. The molecule has 3 rings (SSSR count). The Balaban J connectivity index is 1.67. The molecule has 2 aliphatic carbocycles. The Hall–Kier alpha value is -1.51. The lowest BCUT2D eigenvalue weighted by Crippen LogP contribution is -2.32. The van der Waals surface area contributed by atoms with E-state index in [9.17, 15) is 4.79 Å². The van der Waals surface area contributed by atoms with Crippen LogP contribution in [0.2, 0.25) is 0 Å². The number of amides is 1. The van der Waals surface area contributed by atoms with Crippen molar-refractivity contribution in [1.29, 1.82) is 0 Å². The number of carbonyl (C=O) groups excluding carboxylic acids is 1. The summed E-state index contributed by atoms with van der Waals surface area (Å²) < 4.78 is 5.87. The van der Waals surface area contributed by atoms with E-state index in [-0.39, 0.29) is 11.4 Å². The molecule has 0 bridgehead atoms. The summed E-state index contributed by atoms with van der Waals surface area (Å²) >= 11 is 0. The highest BCUT2D eigenvalue weighted by molar-refractivity contribution is 5.74. The summed E-state index contributed by atoms with van der Waals surface area (Å²) in [5, 5.41) is 3.07. The van der Waals surface area contributed by atoms with Gasteiger partial charge in [-0.05, 0) is 49.3 Å². The van der Waals surface area contributed by atoms with Crippen molar-refractivity contribution in [3.8, 4) is 5.75 Å². The fourth-order valence-corrected chi connectivity index (χ4v) is 2.70. The van der Waals surface area contributed by atoms with E-state index in [0.29, 0.717) is 0 Å². The predicted octanol–water partition coefficient (Wildman–Crippen LogP) is 2.99. The fourth-order valence-electron chi connectivity index (χ4n) is 2.70. The molecule has 19 heavy (non-hydrogen) atoms. The third kappa shape index (κ3) is 2.75. The molecule has 102 valence electrons. The molecule has 1 aromatic carbocycles. The highest BCUT2D eigenvalue weighted by Gasteiger charge is 2.45. The van der Waals surface area contributed by atoms with Crippen LogP contribution in [0.4, 0.5) is 0 Å². The maximum Gasteiger partial charge on any atom is 0.217 e. The predicted molar refractivity (Wildman–Crippen MR) is 74.0 cm³/mol. The Morgan fingerprint density at radius 3 is 2.79 bits per heavy atom. The minimum atomic E-state index is -0.123. The molecule has 0 aliphatic heterocycles. The summed E-state index contributed by atoms with van der Waals surface area (Å²) in [4.78, 5) is 11.3. The van der Waals surface area contributed by atoms with Gasteiger partial charge in [0.25, 0.3) is 0 Å². The molecule has 0 saturated heterocycles. The first-order valence-electron chi connectivity index (χ1n) is 7.20. The van der Waals surface area contributed by atoms with Gasteiger partial charge in [-0.1, -0.05) is 18.6 Å². The van der Waals surface area contributed by atoms with Crippen molar-refractivity contribution in [2.45, 2.75) is 44.6 Å². The minimum Gasteiger partial charge on any atom is -0.493 e. The van der Waals surface area contributed by atoms with E-state index in [0.717, 1.165) is 31.1 Å². The number of benzene rings is 1. The highest BCUT2D eigenvalue weighted by atomic mass is 16.5. The molecule has 2 saturated carbocycles. The van der Waals surface area contributed by atoms with Crippen LogP contribution in [0.5, 0.6) is 5.75 Å². The van der Waals surface area contributed by atoms with Gasteiger partial charge in [0, 0.05) is 6.92 Å². The molecule has 0 atom stereocenters. The molecule has 0 radical (unpaired) electrons. The van der Waals surface area contributed by atoms with Gasteiger partial charge in [-0.15, -0.1) is 0 Å². The molecule has 1 amide bonds. The number of hydrogen-bond acceptors (Lipinski definition) is 2. The first kappa shape index (κ1) is 12.5. The molecule has 0 aromatic heterocycles. The lowest BCUT2D eigenvalue weighted by Gasteiger charge is -2.25. The summed E-state index contributed by atoms with van der Waals surface area (Å²) in [6, 6.07) is 8.19. The van der Waals surface area contributed by atoms with Gasteiger partial charge in [-0.2, -0.15) is 0 Å². The van der Waals surface area contributed by atoms with E-state index in [2.05, 4.69) is 17.4 Å². The van der Waals surface area contributed by atoms with Crippen molar-refractivity contribution in [2.24, 2.45) is 5.92 Å². The summed E-state index contributed by atoms with van der Waals surface area (Å²) in [6.07, 6.45) is 6.00. The number of rotatable bonds is 5. The standard InChI is InChI=1S/C16H21NO2/c1-12(18)17-16(8-9-16)14-6-3-7-15(10-14)19-11-13-4-2-5-13/h3,6-7,10,13H,2,4-5,8-9,11H2,1H3,(H,17,18). The molecular formula is C16H21NO2. The average Bonchev–Trinajstić information content (AvgIpc) is 3.07. The Bertz CT molecular complexity index is 475. The van der Waals surface area contributed by atoms with E-state index in [1.165, 1.54) is 24.8 Å². The van der Waals surface area contributed by atoms with E-state index in [1.54, 1.807) is 6.92 Å². The van der Waals surface area contributed by atoms with Crippen molar-refractivity contribution >= 4 is 5.91 Å². The second kappa shape index (κ2) is 4.87. The zero-order valence-electron chi connectivity index (χ0n) is 11.4. The molecule has 3 heteroatoms. The van der Waals surface area contributed by atoms with Crippen molar-refractivity contribution in [1.82, 2.24) is 5.32 Å². The zero-order chi connectivity index (χ0) is 13.3. The molecule has 1 N–H and O–H groups in total. The van der Waals surface area contributed by atoms with Crippen molar-refractivity contribution in [2.75, 3.05) is 6.61 Å². The van der Waals surface area contributed by atoms with Crippen LogP contribution in [0.3, 0.4) is 0 Å². The lowest BCUT2D eigenvalue weighted by atomic mass is 9.86. The average molecular weight is 259 g/mol. The second-order valence-electron chi connectivity index (χ2n) is 5.90. The summed E-state index contributed by atoms with van der Waals surface area (Å²) in [5.41, 5.74) is 1.05. The first-order chi connectivity index (χ1) is 9.18. The second-order valence-corrected chi connectivity index (χ2v) is 5.90. The maximum atomic E-state index is 11.3. The summed E-state index contributed by atoms with van der Waals surface area (Å²) in [5.74, 6) is 1.72. The van der Waals surface area contributed by atoms with Gasteiger partial charge in [-0.3, -0.25) is 4.79 Å². The molecular weight excluding hydrogens is 238 g/mol. The summed E-state index contributed by atoms with van der Waals surface area (Å²) in [7, 11) is 0. The molecule has 1 aromatic rings. The van der Waals surface area contributed by atoms with Gasteiger partial charge in [0.05, 0.1) is 12.1 Å². The van der Waals surface area contributed by atoms with Crippen molar-refractivity contribution in [3.05, 3.63) is 29.8 Å². The van der Waals surface area contributed by atoms with Crippen LogP contribution in [0.25, 0.3) is 0 Å². The van der Waals surface area contributed by atoms with Gasteiger partial charge < -0.3 is 10.1 Å². The number of carbonyl (C=O) groups is 1. The Morgan fingerprint density at radius 1 is 1.42 bits per heavy atom. The molecule has 3 nitrogen and oxygen atoms in total. The Labute approximate surface area is 114 Å². The third-order valence-corrected chi connectivity index (χ3v) is 4.26. The van der Waals surface area contributed by atoms with Gasteiger partial charge >= 0.3 is 0 Å². The van der Waals surface area contributed by atoms with Gasteiger partial charge in [-0.25, -0.2) is 0 Å². The van der Waals surface area contributed by atoms with Crippen LogP contribution >= 0.6 is 0 Å². The lowest BCUT2D eigenvalue weighted by molar-refractivity contribution is -0.120. The quantitative estimate of drug-likeness (QED) is 0.882. The van der Waals surface area contributed by atoms with Crippen LogP contribution < -0.4 is 10.1 Å². The third-order valence-electron chi connectivity index (χ3n) is 4.26. The van der Waals surface area contributed by atoms with Gasteiger partial charge in [0.15, 0.2) is 0 Å². The summed E-state index contributed by atoms with van der Waals surface area (Å²) in [6.45, 7) is 2.41. The monoisotopic (exact) mass is 259 g/mol. The van der Waals surface area contributed by atoms with Gasteiger partial charge in [0.2, 0.25) is 5.91 Å². The fraction of sp³-hybridized carbons (Fsp3) is 0.562. The van der Waals surface area contributed by atoms with Crippen LogP contribution in [-0.2, 0) is 10.3 Å². The van der Waals surface area contributed by atoms with Crippen LogP contribution in [-0.4, -0.2) is 12.5 Å². The number of nitrogens with one attached hydrogen (secondary N) is 1. The molecule has 0 heterocycles. The van der Waals surface area contributed by atoms with Gasteiger partial charge in [0.1, 0.15) is 5.75 Å². The van der Waals surface area contributed by atoms with E-state index in [1.807, 2.05) is 12.1 Å². The highest BCUT2D eigenvalue weighted by Crippen LogP contribution is 2.46. The van der Waals surface area contributed by atoms with E-state index >= 15 is 0 Å². The largest absolute Gasteiger partial charge is 0.493 e. The van der Waals surface area contributed by atoms with E-state index < -0.39 is 0 Å². The Morgan fingerprint density at radius 2 is 2.21 bits per heavy atom. The number of hydrogen-bond donors (Lipinski definition) is 1. The van der Waals surface area contributed by atoms with Crippen molar-refractivity contribution in [3.63, 3.8) is 0 Å².